The van der Waals surface area contributed by atoms with Crippen LogP contribution in [-0.2, 0) is 6.42 Å². The van der Waals surface area contributed by atoms with E-state index in [-0.39, 0.29) is 17.9 Å². The summed E-state index contributed by atoms with van der Waals surface area (Å²) in [5, 5.41) is 9.55. The topological polar surface area (TPSA) is 59.3 Å². The van der Waals surface area contributed by atoms with Crippen molar-refractivity contribution in [2.45, 2.75) is 6.42 Å². The Bertz CT molecular complexity index is 836. The third kappa shape index (κ3) is 3.06. The van der Waals surface area contributed by atoms with Crippen LogP contribution in [0, 0.1) is 0 Å². The van der Waals surface area contributed by atoms with Crippen LogP contribution >= 0.6 is 0 Å². The molecule has 1 N–H and O–H groups in total. The van der Waals surface area contributed by atoms with Crippen LogP contribution in [0.15, 0.2) is 72.9 Å². The Hall–Kier alpha value is -3.14. The zero-order valence-corrected chi connectivity index (χ0v) is 12.3. The van der Waals surface area contributed by atoms with Gasteiger partial charge in [0.2, 0.25) is 0 Å². The molecule has 0 atom stereocenters. The molecule has 0 unspecified atom stereocenters. The number of carboxylic acids is 1. The first kappa shape index (κ1) is 14.8. The Morgan fingerprint density at radius 3 is 2.09 bits per heavy atom. The molecule has 0 saturated carbocycles. The number of aromatic nitrogens is 1. The number of carboxylic acid groups (broad SMARTS) is 1. The number of hydrogen-bond donors (Lipinski definition) is 1. The number of benzene rings is 2. The third-order valence-electron chi connectivity index (χ3n) is 3.65. The van der Waals surface area contributed by atoms with Crippen molar-refractivity contribution in [1.29, 1.82) is 0 Å². The highest BCUT2D eigenvalue weighted by atomic mass is 16.4. The molecule has 2 aromatic carbocycles. The molecule has 4 nitrogen and oxygen atoms in total. The van der Waals surface area contributed by atoms with E-state index in [0.717, 1.165) is 5.69 Å². The first-order valence-corrected chi connectivity index (χ1v) is 7.24. The molecule has 114 valence electrons. The maximum Gasteiger partial charge on any atom is 0.353 e. The van der Waals surface area contributed by atoms with Crippen molar-refractivity contribution in [3.8, 4) is 5.69 Å². The van der Waals surface area contributed by atoms with Gasteiger partial charge < -0.3 is 9.67 Å². The van der Waals surface area contributed by atoms with Crippen molar-refractivity contribution in [3.05, 3.63) is 89.7 Å². The van der Waals surface area contributed by atoms with E-state index in [1.54, 1.807) is 41.1 Å². The van der Waals surface area contributed by atoms with E-state index >= 15 is 0 Å². The highest BCUT2D eigenvalue weighted by Gasteiger charge is 2.19. The molecule has 1 aromatic heterocycles. The van der Waals surface area contributed by atoms with Crippen LogP contribution in [0.1, 0.15) is 26.4 Å². The maximum atomic E-state index is 12.3. The molecule has 0 spiro atoms. The van der Waals surface area contributed by atoms with Gasteiger partial charge in [0.15, 0.2) is 5.78 Å². The molecule has 0 saturated heterocycles. The van der Waals surface area contributed by atoms with Crippen molar-refractivity contribution in [1.82, 2.24) is 4.57 Å². The molecule has 0 radical (unpaired) electrons. The molecule has 0 fully saturated rings. The standard InChI is InChI=1S/C19H15NO3/c21-17(14-7-3-1-4-8-14)13-15-11-12-20(18(15)19(22)23)16-9-5-2-6-10-16/h1-12H,13H2,(H,22,23). The van der Waals surface area contributed by atoms with Gasteiger partial charge in [0.1, 0.15) is 5.69 Å². The van der Waals surface area contributed by atoms with E-state index in [2.05, 4.69) is 0 Å². The Kier molecular flexibility index (Phi) is 4.06. The second-order valence-electron chi connectivity index (χ2n) is 5.17. The predicted octanol–water partition coefficient (Wildman–Crippen LogP) is 3.60. The van der Waals surface area contributed by atoms with Crippen molar-refractivity contribution in [2.24, 2.45) is 0 Å². The normalized spacial score (nSPS) is 10.4. The van der Waals surface area contributed by atoms with Gasteiger partial charge in [-0.2, -0.15) is 0 Å². The lowest BCUT2D eigenvalue weighted by molar-refractivity contribution is 0.0687. The monoisotopic (exact) mass is 305 g/mol. The quantitative estimate of drug-likeness (QED) is 0.733. The molecule has 4 heteroatoms. The second-order valence-corrected chi connectivity index (χ2v) is 5.17. The van der Waals surface area contributed by atoms with Crippen molar-refractivity contribution < 1.29 is 14.7 Å². The molecular weight excluding hydrogens is 290 g/mol. The van der Waals surface area contributed by atoms with Gasteiger partial charge in [0.05, 0.1) is 0 Å². The van der Waals surface area contributed by atoms with Gasteiger partial charge in [-0.1, -0.05) is 48.5 Å². The molecule has 0 bridgehead atoms. The van der Waals surface area contributed by atoms with Crippen LogP contribution in [0.3, 0.4) is 0 Å². The molecule has 0 aliphatic rings. The van der Waals surface area contributed by atoms with E-state index in [1.165, 1.54) is 0 Å². The Balaban J connectivity index is 1.96. The third-order valence-corrected chi connectivity index (χ3v) is 3.65. The minimum absolute atomic E-state index is 0.0610. The Morgan fingerprint density at radius 1 is 0.870 bits per heavy atom. The second kappa shape index (κ2) is 6.32. The van der Waals surface area contributed by atoms with E-state index in [9.17, 15) is 14.7 Å². The molecule has 0 amide bonds. The summed E-state index contributed by atoms with van der Waals surface area (Å²) < 4.78 is 1.59. The van der Waals surface area contributed by atoms with Gasteiger partial charge in [-0.05, 0) is 23.8 Å². The molecule has 3 rings (SSSR count). The summed E-state index contributed by atoms with van der Waals surface area (Å²) in [7, 11) is 0. The minimum Gasteiger partial charge on any atom is -0.477 e. The molecule has 3 aromatic rings. The smallest absolute Gasteiger partial charge is 0.353 e. The summed E-state index contributed by atoms with van der Waals surface area (Å²) in [6, 6.07) is 19.8. The number of Topliss-reactive ketones (excluding diaryl/α,β-unsaturated/α-hetero) is 1. The van der Waals surface area contributed by atoms with E-state index in [0.29, 0.717) is 11.1 Å². The Labute approximate surface area is 133 Å². The van der Waals surface area contributed by atoms with E-state index in [1.807, 2.05) is 36.4 Å². The van der Waals surface area contributed by atoms with Crippen LogP contribution in [0.25, 0.3) is 5.69 Å². The summed E-state index contributed by atoms with van der Waals surface area (Å²) >= 11 is 0. The summed E-state index contributed by atoms with van der Waals surface area (Å²) in [4.78, 5) is 24.0. The number of para-hydroxylation sites is 1. The summed E-state index contributed by atoms with van der Waals surface area (Å²) in [6.07, 6.45) is 1.75. The number of carbonyl (C=O) groups excluding carboxylic acids is 1. The average molecular weight is 305 g/mol. The fraction of sp³-hybridized carbons (Fsp3) is 0.0526. The number of hydrogen-bond acceptors (Lipinski definition) is 2. The maximum absolute atomic E-state index is 12.3. The van der Waals surface area contributed by atoms with Crippen molar-refractivity contribution >= 4 is 11.8 Å². The van der Waals surface area contributed by atoms with Gasteiger partial charge in [0, 0.05) is 23.9 Å². The van der Waals surface area contributed by atoms with Gasteiger partial charge in [-0.25, -0.2) is 4.79 Å². The molecule has 0 aliphatic heterocycles. The zero-order valence-electron chi connectivity index (χ0n) is 12.3. The van der Waals surface area contributed by atoms with Gasteiger partial charge >= 0.3 is 5.97 Å². The van der Waals surface area contributed by atoms with Crippen LogP contribution in [0.4, 0.5) is 0 Å². The van der Waals surface area contributed by atoms with Gasteiger partial charge in [0.25, 0.3) is 0 Å². The van der Waals surface area contributed by atoms with Gasteiger partial charge in [-0.15, -0.1) is 0 Å². The molecule has 1 heterocycles. The highest BCUT2D eigenvalue weighted by molar-refractivity contribution is 5.99. The summed E-state index contributed by atoms with van der Waals surface area (Å²) in [6.45, 7) is 0. The molecule has 0 aliphatic carbocycles. The lowest BCUT2D eigenvalue weighted by Gasteiger charge is -2.08. The number of rotatable bonds is 5. The van der Waals surface area contributed by atoms with Crippen molar-refractivity contribution in [2.75, 3.05) is 0 Å². The summed E-state index contributed by atoms with van der Waals surface area (Å²) in [5.74, 6) is -1.14. The molecule has 23 heavy (non-hydrogen) atoms. The molecular formula is C19H15NO3. The van der Waals surface area contributed by atoms with Crippen LogP contribution < -0.4 is 0 Å². The predicted molar refractivity (Wildman–Crippen MR) is 87.2 cm³/mol. The zero-order chi connectivity index (χ0) is 16.2. The van der Waals surface area contributed by atoms with E-state index in [4.69, 9.17) is 0 Å². The first-order chi connectivity index (χ1) is 11.2. The van der Waals surface area contributed by atoms with Crippen LogP contribution in [0.5, 0.6) is 0 Å². The van der Waals surface area contributed by atoms with E-state index < -0.39 is 5.97 Å². The average Bonchev–Trinajstić information content (AvgIpc) is 3.00. The fourth-order valence-corrected chi connectivity index (χ4v) is 2.56. The fourth-order valence-electron chi connectivity index (χ4n) is 2.56. The highest BCUT2D eigenvalue weighted by Crippen LogP contribution is 2.19. The first-order valence-electron chi connectivity index (χ1n) is 7.24. The van der Waals surface area contributed by atoms with Crippen LogP contribution in [-0.4, -0.2) is 21.4 Å². The largest absolute Gasteiger partial charge is 0.477 e. The van der Waals surface area contributed by atoms with Gasteiger partial charge in [-0.3, -0.25) is 4.79 Å². The number of aromatic carboxylic acids is 1. The lowest BCUT2D eigenvalue weighted by atomic mass is 10.0. The number of carbonyl (C=O) groups is 2. The number of nitrogens with zero attached hydrogens (tertiary/aromatic N) is 1. The summed E-state index contributed by atoms with van der Waals surface area (Å²) in [5.41, 5.74) is 1.97. The SMILES string of the molecule is O=C(Cc1ccn(-c2ccccc2)c1C(=O)O)c1ccccc1. The van der Waals surface area contributed by atoms with Crippen LogP contribution in [0.2, 0.25) is 0 Å². The minimum atomic E-state index is -1.05. The number of ketones is 1. The lowest BCUT2D eigenvalue weighted by Crippen LogP contribution is -2.11. The Morgan fingerprint density at radius 2 is 1.48 bits per heavy atom. The van der Waals surface area contributed by atoms with Crippen molar-refractivity contribution in [3.63, 3.8) is 0 Å².